The molecule has 0 radical (unpaired) electrons. The van der Waals surface area contributed by atoms with Crippen LogP contribution in [0.2, 0.25) is 0 Å². The first-order valence-corrected chi connectivity index (χ1v) is 11.6. The van der Waals surface area contributed by atoms with Crippen molar-refractivity contribution in [1.82, 2.24) is 0 Å². The van der Waals surface area contributed by atoms with Crippen LogP contribution < -0.4 is 0 Å². The predicted octanol–water partition coefficient (Wildman–Crippen LogP) is 8.04. The van der Waals surface area contributed by atoms with Crippen LogP contribution in [0.4, 0.5) is 4.39 Å². The van der Waals surface area contributed by atoms with Crippen molar-refractivity contribution in [2.45, 2.75) is 64.2 Å². The average Bonchev–Trinajstić information content (AvgIpc) is 2.64. The molecule has 2 aliphatic carbocycles. The van der Waals surface area contributed by atoms with Crippen LogP contribution in [0, 0.1) is 29.5 Å². The Labute approximate surface area is 168 Å². The minimum atomic E-state index is -0.133. The molecule has 0 saturated heterocycles. The van der Waals surface area contributed by atoms with Gasteiger partial charge in [-0.2, -0.15) is 0 Å². The molecule has 2 aliphatic rings. The number of hydrogen-bond acceptors (Lipinski definition) is 0. The van der Waals surface area contributed by atoms with Crippen LogP contribution >= 0.6 is 31.9 Å². The smallest absolute Gasteiger partial charge is 0.137 e. The highest BCUT2D eigenvalue weighted by atomic mass is 79.9. The monoisotopic (exact) mass is 470 g/mol. The summed E-state index contributed by atoms with van der Waals surface area (Å²) in [5, 5.41) is 0. The molecule has 138 valence electrons. The van der Waals surface area contributed by atoms with Crippen molar-refractivity contribution in [1.29, 1.82) is 0 Å². The molecule has 3 heteroatoms. The lowest BCUT2D eigenvalue weighted by Gasteiger charge is -2.37. The van der Waals surface area contributed by atoms with Gasteiger partial charge >= 0.3 is 0 Å². The summed E-state index contributed by atoms with van der Waals surface area (Å²) in [6.07, 6.45) is 15.8. The average molecular weight is 472 g/mol. The Balaban J connectivity index is 1.39. The van der Waals surface area contributed by atoms with Crippen molar-refractivity contribution in [3.05, 3.63) is 45.1 Å². The summed E-state index contributed by atoms with van der Waals surface area (Å²) in [6.45, 7) is 0. The third-order valence-electron chi connectivity index (χ3n) is 6.54. The van der Waals surface area contributed by atoms with Crippen LogP contribution in [0.1, 0.15) is 63.4 Å². The summed E-state index contributed by atoms with van der Waals surface area (Å²) in [5.41, 5.74) is 1.14. The van der Waals surface area contributed by atoms with Gasteiger partial charge in [0, 0.05) is 0 Å². The van der Waals surface area contributed by atoms with E-state index >= 15 is 0 Å². The fourth-order valence-electron chi connectivity index (χ4n) is 4.93. The second kappa shape index (κ2) is 9.69. The van der Waals surface area contributed by atoms with Crippen molar-refractivity contribution < 1.29 is 4.39 Å². The molecule has 3 rings (SSSR count). The second-order valence-corrected chi connectivity index (χ2v) is 9.44. The van der Waals surface area contributed by atoms with Crippen molar-refractivity contribution in [2.24, 2.45) is 23.7 Å². The molecule has 2 fully saturated rings. The van der Waals surface area contributed by atoms with Gasteiger partial charge < -0.3 is 0 Å². The van der Waals surface area contributed by atoms with Gasteiger partial charge in [-0.1, -0.05) is 40.9 Å². The third kappa shape index (κ3) is 5.66. The number of allylic oxidation sites excluding steroid dienone is 1. The first-order chi connectivity index (χ1) is 12.2. The van der Waals surface area contributed by atoms with Crippen molar-refractivity contribution >= 4 is 31.9 Å². The van der Waals surface area contributed by atoms with Gasteiger partial charge in [0.15, 0.2) is 0 Å². The zero-order chi connectivity index (χ0) is 17.6. The normalized spacial score (nSPS) is 30.7. The van der Waals surface area contributed by atoms with Crippen LogP contribution in [0.5, 0.6) is 0 Å². The summed E-state index contributed by atoms with van der Waals surface area (Å²) in [5.74, 6) is 3.46. The molecular weight excluding hydrogens is 443 g/mol. The number of aryl methyl sites for hydroxylation is 1. The molecule has 0 nitrogen and oxygen atoms in total. The van der Waals surface area contributed by atoms with E-state index in [4.69, 9.17) is 0 Å². The number of halogens is 3. The van der Waals surface area contributed by atoms with E-state index in [1.165, 1.54) is 57.8 Å². The van der Waals surface area contributed by atoms with E-state index in [1.54, 1.807) is 6.07 Å². The van der Waals surface area contributed by atoms with E-state index in [-0.39, 0.29) is 5.82 Å². The van der Waals surface area contributed by atoms with Gasteiger partial charge in [-0.15, -0.1) is 0 Å². The molecule has 25 heavy (non-hydrogen) atoms. The third-order valence-corrected chi connectivity index (χ3v) is 7.49. The lowest BCUT2D eigenvalue weighted by molar-refractivity contribution is 0.153. The molecule has 0 aliphatic heterocycles. The van der Waals surface area contributed by atoms with Crippen molar-refractivity contribution in [2.75, 3.05) is 0 Å². The molecule has 0 bridgehead atoms. The Bertz CT molecular complexity index is 567. The molecular formula is C22H29Br2F. The van der Waals surface area contributed by atoms with Crippen LogP contribution in [0.15, 0.2) is 33.7 Å². The molecule has 0 aromatic heterocycles. The molecule has 0 spiro atoms. The molecule has 0 atom stereocenters. The molecule has 0 heterocycles. The van der Waals surface area contributed by atoms with E-state index in [2.05, 4.69) is 44.0 Å². The standard InChI is InChI=1S/C22H29Br2F/c23-14-13-17-5-10-20(11-6-17)19-8-3-16(4-9-19)1-2-18-7-12-21(24)22(25)15-18/h7,12-17,19-20H,1-6,8-11H2. The zero-order valence-electron chi connectivity index (χ0n) is 14.9. The Morgan fingerprint density at radius 1 is 0.960 bits per heavy atom. The first kappa shape index (κ1) is 19.6. The molecule has 1 aromatic rings. The highest BCUT2D eigenvalue weighted by Crippen LogP contribution is 2.42. The fraction of sp³-hybridized carbons (Fsp3) is 0.636. The minimum Gasteiger partial charge on any atom is -0.206 e. The topological polar surface area (TPSA) is 0 Å². The number of benzene rings is 1. The molecule has 2 saturated carbocycles. The predicted molar refractivity (Wildman–Crippen MR) is 111 cm³/mol. The largest absolute Gasteiger partial charge is 0.206 e. The van der Waals surface area contributed by atoms with Gasteiger partial charge in [0.1, 0.15) is 5.82 Å². The van der Waals surface area contributed by atoms with E-state index in [0.29, 0.717) is 4.47 Å². The van der Waals surface area contributed by atoms with Gasteiger partial charge in [0.25, 0.3) is 0 Å². The zero-order valence-corrected chi connectivity index (χ0v) is 18.1. The fourth-order valence-corrected chi connectivity index (χ4v) is 5.60. The Morgan fingerprint density at radius 2 is 1.60 bits per heavy atom. The van der Waals surface area contributed by atoms with Gasteiger partial charge in [0.2, 0.25) is 0 Å². The summed E-state index contributed by atoms with van der Waals surface area (Å²) in [4.78, 5) is 2.04. The lowest BCUT2D eigenvalue weighted by atomic mass is 9.68. The van der Waals surface area contributed by atoms with Crippen molar-refractivity contribution in [3.8, 4) is 0 Å². The highest BCUT2D eigenvalue weighted by Gasteiger charge is 2.30. The Kier molecular flexibility index (Phi) is 7.60. The van der Waals surface area contributed by atoms with Gasteiger partial charge in [-0.25, -0.2) is 4.39 Å². The number of hydrogen-bond donors (Lipinski definition) is 0. The minimum absolute atomic E-state index is 0.133. The maximum absolute atomic E-state index is 13.6. The van der Waals surface area contributed by atoms with Crippen LogP contribution in [0.3, 0.4) is 0 Å². The van der Waals surface area contributed by atoms with E-state index in [9.17, 15) is 4.39 Å². The summed E-state index contributed by atoms with van der Waals surface area (Å²) in [7, 11) is 0. The SMILES string of the molecule is Fc1cc(CCC2CCC(C3CCC(C=CBr)CC3)CC2)ccc1Br. The molecule has 0 amide bonds. The van der Waals surface area contributed by atoms with E-state index in [0.717, 1.165) is 35.7 Å². The van der Waals surface area contributed by atoms with Crippen LogP contribution in [-0.2, 0) is 6.42 Å². The van der Waals surface area contributed by atoms with Gasteiger partial charge in [-0.05, 0) is 114 Å². The number of rotatable bonds is 5. The highest BCUT2D eigenvalue weighted by molar-refractivity contribution is 9.11. The van der Waals surface area contributed by atoms with Crippen molar-refractivity contribution in [3.63, 3.8) is 0 Å². The molecule has 0 unspecified atom stereocenters. The molecule has 0 N–H and O–H groups in total. The second-order valence-electron chi connectivity index (χ2n) is 8.06. The van der Waals surface area contributed by atoms with Crippen LogP contribution in [0.25, 0.3) is 0 Å². The maximum atomic E-state index is 13.6. The lowest BCUT2D eigenvalue weighted by Crippen LogP contribution is -2.25. The van der Waals surface area contributed by atoms with Gasteiger partial charge in [0.05, 0.1) is 4.47 Å². The van der Waals surface area contributed by atoms with Crippen LogP contribution in [-0.4, -0.2) is 0 Å². The summed E-state index contributed by atoms with van der Waals surface area (Å²) >= 11 is 6.65. The first-order valence-electron chi connectivity index (χ1n) is 9.86. The van der Waals surface area contributed by atoms with E-state index < -0.39 is 0 Å². The Morgan fingerprint density at radius 3 is 2.20 bits per heavy atom. The Hall–Kier alpha value is -0.150. The quantitative estimate of drug-likeness (QED) is 0.407. The van der Waals surface area contributed by atoms with E-state index in [1.807, 2.05) is 11.1 Å². The molecule has 1 aromatic carbocycles. The summed E-state index contributed by atoms with van der Waals surface area (Å²) < 4.78 is 14.2. The maximum Gasteiger partial charge on any atom is 0.137 e. The van der Waals surface area contributed by atoms with Gasteiger partial charge in [-0.3, -0.25) is 0 Å². The summed E-state index contributed by atoms with van der Waals surface area (Å²) in [6, 6.07) is 5.58.